The monoisotopic (exact) mass is 259 g/mol. The number of benzene rings is 1. The van der Waals surface area contributed by atoms with Crippen molar-refractivity contribution in [3.05, 3.63) is 35.7 Å². The summed E-state index contributed by atoms with van der Waals surface area (Å²) in [6, 6.07) is 5.70. The summed E-state index contributed by atoms with van der Waals surface area (Å²) in [5.74, 6) is 0.457. The topological polar surface area (TPSA) is 81.2 Å². The molecular formula is C14H17N3O2. The lowest BCUT2D eigenvalue weighted by atomic mass is 10.1. The molecule has 19 heavy (non-hydrogen) atoms. The van der Waals surface area contributed by atoms with E-state index in [4.69, 9.17) is 10.2 Å². The highest BCUT2D eigenvalue weighted by Crippen LogP contribution is 2.25. The Morgan fingerprint density at radius 2 is 2.21 bits per heavy atom. The largest absolute Gasteiger partial charge is 0.444 e. The fraction of sp³-hybridized carbons (Fsp3) is 0.286. The Balaban J connectivity index is 2.27. The zero-order valence-electron chi connectivity index (χ0n) is 11.1. The molecule has 0 spiro atoms. The first-order valence-corrected chi connectivity index (χ1v) is 6.13. The van der Waals surface area contributed by atoms with Crippen molar-refractivity contribution in [2.24, 2.45) is 5.73 Å². The lowest BCUT2D eigenvalue weighted by molar-refractivity contribution is -0.116. The molecule has 5 nitrogen and oxygen atoms in total. The van der Waals surface area contributed by atoms with Gasteiger partial charge in [-0.25, -0.2) is 4.98 Å². The van der Waals surface area contributed by atoms with Gasteiger partial charge in [0.1, 0.15) is 6.26 Å². The molecule has 0 aliphatic rings. The highest BCUT2D eigenvalue weighted by atomic mass is 16.3. The van der Waals surface area contributed by atoms with Crippen molar-refractivity contribution < 1.29 is 9.21 Å². The van der Waals surface area contributed by atoms with Gasteiger partial charge < -0.3 is 15.5 Å². The first-order valence-electron chi connectivity index (χ1n) is 6.13. The van der Waals surface area contributed by atoms with Crippen LogP contribution >= 0.6 is 0 Å². The third kappa shape index (κ3) is 3.20. The minimum atomic E-state index is -0.0914. The maximum absolute atomic E-state index is 11.6. The number of amides is 1. The maximum atomic E-state index is 11.6. The van der Waals surface area contributed by atoms with Gasteiger partial charge in [-0.2, -0.15) is 0 Å². The fourth-order valence-corrected chi connectivity index (χ4v) is 1.72. The third-order valence-corrected chi connectivity index (χ3v) is 2.75. The number of carbonyl (C=O) groups is 1. The molecule has 0 fully saturated rings. The van der Waals surface area contributed by atoms with Gasteiger partial charge in [0.25, 0.3) is 0 Å². The van der Waals surface area contributed by atoms with Crippen molar-refractivity contribution in [3.63, 3.8) is 0 Å². The van der Waals surface area contributed by atoms with Crippen molar-refractivity contribution in [1.29, 1.82) is 0 Å². The van der Waals surface area contributed by atoms with Crippen LogP contribution in [-0.4, -0.2) is 17.4 Å². The Hall–Kier alpha value is -2.14. The second-order valence-corrected chi connectivity index (χ2v) is 4.41. The van der Waals surface area contributed by atoms with Crippen LogP contribution in [0.4, 0.5) is 5.69 Å². The molecule has 0 saturated heterocycles. The number of nitrogens with one attached hydrogen (secondary N) is 1. The van der Waals surface area contributed by atoms with Crippen molar-refractivity contribution in [2.75, 3.05) is 11.9 Å². The molecule has 0 saturated carbocycles. The van der Waals surface area contributed by atoms with Crippen molar-refractivity contribution >= 4 is 11.6 Å². The van der Waals surface area contributed by atoms with E-state index in [1.54, 1.807) is 6.26 Å². The van der Waals surface area contributed by atoms with E-state index < -0.39 is 0 Å². The molecule has 1 amide bonds. The minimum Gasteiger partial charge on any atom is -0.444 e. The van der Waals surface area contributed by atoms with E-state index in [9.17, 15) is 4.79 Å². The van der Waals surface area contributed by atoms with Crippen LogP contribution in [0.3, 0.4) is 0 Å². The quantitative estimate of drug-likeness (QED) is 0.882. The lowest BCUT2D eigenvalue weighted by Gasteiger charge is -2.09. The molecule has 5 heteroatoms. The predicted molar refractivity (Wildman–Crippen MR) is 73.7 cm³/mol. The van der Waals surface area contributed by atoms with Crippen LogP contribution < -0.4 is 11.1 Å². The average molecular weight is 259 g/mol. The predicted octanol–water partition coefficient (Wildman–Crippen LogP) is 2.25. The molecular weight excluding hydrogens is 242 g/mol. The first-order chi connectivity index (χ1) is 9.10. The number of nitrogens with zero attached hydrogens (tertiary/aromatic N) is 1. The summed E-state index contributed by atoms with van der Waals surface area (Å²) in [5, 5.41) is 2.84. The van der Waals surface area contributed by atoms with Crippen LogP contribution in [0.5, 0.6) is 0 Å². The smallest absolute Gasteiger partial charge is 0.226 e. The number of anilines is 1. The second-order valence-electron chi connectivity index (χ2n) is 4.41. The van der Waals surface area contributed by atoms with Crippen LogP contribution in [0.25, 0.3) is 11.5 Å². The van der Waals surface area contributed by atoms with Crippen molar-refractivity contribution in [3.8, 4) is 11.5 Å². The maximum Gasteiger partial charge on any atom is 0.226 e. The molecule has 0 aliphatic carbocycles. The molecule has 0 atom stereocenters. The Morgan fingerprint density at radius 3 is 2.84 bits per heavy atom. The van der Waals surface area contributed by atoms with E-state index in [0.29, 0.717) is 18.9 Å². The van der Waals surface area contributed by atoms with Gasteiger partial charge in [-0.1, -0.05) is 6.07 Å². The van der Waals surface area contributed by atoms with Crippen LogP contribution in [0.1, 0.15) is 17.7 Å². The lowest BCUT2D eigenvalue weighted by Crippen LogP contribution is -2.16. The third-order valence-electron chi connectivity index (χ3n) is 2.75. The average Bonchev–Trinajstić information content (AvgIpc) is 2.79. The molecule has 100 valence electrons. The molecule has 1 heterocycles. The van der Waals surface area contributed by atoms with E-state index in [2.05, 4.69) is 10.3 Å². The molecule has 2 aromatic rings. The van der Waals surface area contributed by atoms with E-state index in [1.807, 2.05) is 32.0 Å². The summed E-state index contributed by atoms with van der Waals surface area (Å²) < 4.78 is 5.35. The van der Waals surface area contributed by atoms with Gasteiger partial charge in [0.2, 0.25) is 11.8 Å². The van der Waals surface area contributed by atoms with Crippen molar-refractivity contribution in [2.45, 2.75) is 20.3 Å². The first kappa shape index (κ1) is 13.3. The summed E-state index contributed by atoms with van der Waals surface area (Å²) in [4.78, 5) is 15.9. The van der Waals surface area contributed by atoms with Gasteiger partial charge in [-0.15, -0.1) is 0 Å². The summed E-state index contributed by atoms with van der Waals surface area (Å²) in [7, 11) is 0. The highest BCUT2D eigenvalue weighted by molar-refractivity contribution is 5.92. The van der Waals surface area contributed by atoms with Gasteiger partial charge in [0.15, 0.2) is 0 Å². The summed E-state index contributed by atoms with van der Waals surface area (Å²) in [6.45, 7) is 4.14. The minimum absolute atomic E-state index is 0.0914. The molecule has 1 aromatic carbocycles. The normalized spacial score (nSPS) is 10.5. The highest BCUT2D eigenvalue weighted by Gasteiger charge is 2.09. The Labute approximate surface area is 111 Å². The zero-order chi connectivity index (χ0) is 13.8. The van der Waals surface area contributed by atoms with E-state index in [0.717, 1.165) is 22.5 Å². The summed E-state index contributed by atoms with van der Waals surface area (Å²) in [5.41, 5.74) is 8.76. The molecule has 0 radical (unpaired) electrons. The zero-order valence-corrected chi connectivity index (χ0v) is 11.1. The Kier molecular flexibility index (Phi) is 3.97. The standard InChI is InChI=1S/C14H17N3O2/c1-9-3-4-11(14-16-10(2)8-19-14)7-12(9)17-13(18)5-6-15/h3-4,7-8H,5-6,15H2,1-2H3,(H,17,18). The van der Waals surface area contributed by atoms with Crippen LogP contribution in [0, 0.1) is 13.8 Å². The molecule has 2 rings (SSSR count). The van der Waals surface area contributed by atoms with Crippen LogP contribution in [0.15, 0.2) is 28.9 Å². The molecule has 0 bridgehead atoms. The number of oxazole rings is 1. The number of aromatic nitrogens is 1. The Bertz CT molecular complexity index is 590. The number of hydrogen-bond acceptors (Lipinski definition) is 4. The number of nitrogens with two attached hydrogens (primary N) is 1. The number of carbonyl (C=O) groups excluding carboxylic acids is 1. The summed E-state index contributed by atoms with van der Waals surface area (Å²) in [6.07, 6.45) is 1.91. The SMILES string of the molecule is Cc1coc(-c2ccc(C)c(NC(=O)CCN)c2)n1. The van der Waals surface area contributed by atoms with E-state index >= 15 is 0 Å². The fourth-order valence-electron chi connectivity index (χ4n) is 1.72. The summed E-state index contributed by atoms with van der Waals surface area (Å²) >= 11 is 0. The second kappa shape index (κ2) is 5.67. The van der Waals surface area contributed by atoms with Crippen molar-refractivity contribution in [1.82, 2.24) is 4.98 Å². The van der Waals surface area contributed by atoms with Gasteiger partial charge in [-0.05, 0) is 31.5 Å². The van der Waals surface area contributed by atoms with E-state index in [-0.39, 0.29) is 5.91 Å². The van der Waals surface area contributed by atoms with Gasteiger partial charge in [0, 0.05) is 24.2 Å². The molecule has 0 unspecified atom stereocenters. The molecule has 1 aromatic heterocycles. The van der Waals surface area contributed by atoms with Crippen LogP contribution in [0.2, 0.25) is 0 Å². The van der Waals surface area contributed by atoms with E-state index in [1.165, 1.54) is 0 Å². The number of hydrogen-bond donors (Lipinski definition) is 2. The number of rotatable bonds is 4. The van der Waals surface area contributed by atoms with Crippen LogP contribution in [-0.2, 0) is 4.79 Å². The number of aryl methyl sites for hydroxylation is 2. The molecule has 3 N–H and O–H groups in total. The Morgan fingerprint density at radius 1 is 1.42 bits per heavy atom. The van der Waals surface area contributed by atoms with Gasteiger partial charge in [-0.3, -0.25) is 4.79 Å². The molecule has 0 aliphatic heterocycles. The van der Waals surface area contributed by atoms with Gasteiger partial charge >= 0.3 is 0 Å². The van der Waals surface area contributed by atoms with Gasteiger partial charge in [0.05, 0.1) is 5.69 Å².